The van der Waals surface area contributed by atoms with E-state index in [1.165, 1.54) is 5.56 Å². The molecule has 0 bridgehead atoms. The average Bonchev–Trinajstić information content (AvgIpc) is 2.16. The Bertz CT molecular complexity index is 260. The molecule has 0 fully saturated rings. The average molecular weight is 198 g/mol. The molecule has 13 heavy (non-hydrogen) atoms. The molecule has 1 atom stereocenters. The van der Waals surface area contributed by atoms with Gasteiger partial charge in [0.15, 0.2) is 0 Å². The van der Waals surface area contributed by atoms with Crippen molar-refractivity contribution in [3.63, 3.8) is 0 Å². The number of benzene rings is 1. The van der Waals surface area contributed by atoms with Crippen LogP contribution in [0.25, 0.3) is 0 Å². The van der Waals surface area contributed by atoms with Crippen molar-refractivity contribution in [2.45, 2.75) is 25.8 Å². The molecule has 72 valence electrons. The molecule has 0 aliphatic rings. The fraction of sp³-hybridized carbons (Fsp3) is 0.455. The predicted octanol–water partition coefficient (Wildman–Crippen LogP) is 2.88. The maximum atomic E-state index is 6.03. The lowest BCUT2D eigenvalue weighted by molar-refractivity contribution is 0.565. The van der Waals surface area contributed by atoms with Gasteiger partial charge < -0.3 is 5.32 Å². The largest absolute Gasteiger partial charge is 0.317 e. The molecule has 2 heteroatoms. The summed E-state index contributed by atoms with van der Waals surface area (Å²) in [5.41, 5.74) is 1.24. The van der Waals surface area contributed by atoms with Gasteiger partial charge in [0.1, 0.15) is 0 Å². The lowest BCUT2D eigenvalue weighted by Crippen LogP contribution is -2.21. The highest BCUT2D eigenvalue weighted by Crippen LogP contribution is 2.16. The molecule has 0 amide bonds. The molecular weight excluding hydrogens is 182 g/mol. The van der Waals surface area contributed by atoms with Crippen molar-refractivity contribution >= 4 is 11.6 Å². The van der Waals surface area contributed by atoms with Crippen LogP contribution in [0.4, 0.5) is 0 Å². The molecule has 0 aliphatic carbocycles. The van der Waals surface area contributed by atoms with Crippen molar-refractivity contribution in [3.05, 3.63) is 34.9 Å². The summed E-state index contributed by atoms with van der Waals surface area (Å²) in [6.45, 7) is 2.18. The zero-order chi connectivity index (χ0) is 9.68. The summed E-state index contributed by atoms with van der Waals surface area (Å²) in [5, 5.41) is 4.09. The molecule has 0 saturated heterocycles. The summed E-state index contributed by atoms with van der Waals surface area (Å²) in [6, 6.07) is 8.58. The van der Waals surface area contributed by atoms with Crippen LogP contribution in [0.3, 0.4) is 0 Å². The summed E-state index contributed by atoms with van der Waals surface area (Å²) in [4.78, 5) is 0. The lowest BCUT2D eigenvalue weighted by atomic mass is 10.1. The topological polar surface area (TPSA) is 12.0 Å². The van der Waals surface area contributed by atoms with Crippen molar-refractivity contribution in [2.24, 2.45) is 0 Å². The van der Waals surface area contributed by atoms with Crippen LogP contribution in [-0.4, -0.2) is 13.1 Å². The molecule has 1 nitrogen and oxygen atoms in total. The van der Waals surface area contributed by atoms with Gasteiger partial charge >= 0.3 is 0 Å². The Labute approximate surface area is 85.1 Å². The maximum absolute atomic E-state index is 6.03. The second-order valence-electron chi connectivity index (χ2n) is 3.32. The highest BCUT2D eigenvalue weighted by Gasteiger charge is 2.01. The number of hydrogen-bond donors (Lipinski definition) is 1. The van der Waals surface area contributed by atoms with Gasteiger partial charge in [-0.15, -0.1) is 0 Å². The van der Waals surface area contributed by atoms with Crippen molar-refractivity contribution in [1.29, 1.82) is 0 Å². The third-order valence-corrected chi connectivity index (χ3v) is 2.67. The van der Waals surface area contributed by atoms with Gasteiger partial charge in [0.25, 0.3) is 0 Å². The Morgan fingerprint density at radius 2 is 2.08 bits per heavy atom. The van der Waals surface area contributed by atoms with E-state index in [-0.39, 0.29) is 0 Å². The van der Waals surface area contributed by atoms with E-state index in [1.54, 1.807) is 0 Å². The van der Waals surface area contributed by atoms with E-state index in [9.17, 15) is 0 Å². The number of aryl methyl sites for hydroxylation is 1. The van der Waals surface area contributed by atoms with Gasteiger partial charge in [0, 0.05) is 11.1 Å². The van der Waals surface area contributed by atoms with E-state index in [1.807, 2.05) is 25.2 Å². The summed E-state index contributed by atoms with van der Waals surface area (Å²) in [5.74, 6) is 0. The first-order valence-corrected chi connectivity index (χ1v) is 5.02. The van der Waals surface area contributed by atoms with Gasteiger partial charge in [-0.2, -0.15) is 0 Å². The van der Waals surface area contributed by atoms with Gasteiger partial charge in [0.05, 0.1) is 0 Å². The minimum absolute atomic E-state index is 0.552. The zero-order valence-corrected chi connectivity index (χ0v) is 8.93. The van der Waals surface area contributed by atoms with E-state index >= 15 is 0 Å². The molecule has 1 N–H and O–H groups in total. The van der Waals surface area contributed by atoms with Gasteiger partial charge in [-0.1, -0.05) is 29.8 Å². The molecule has 1 rings (SSSR count). The van der Waals surface area contributed by atoms with Gasteiger partial charge in [0.2, 0.25) is 0 Å². The molecule has 0 radical (unpaired) electrons. The first-order valence-electron chi connectivity index (χ1n) is 4.64. The third-order valence-electron chi connectivity index (χ3n) is 2.30. The molecule has 0 heterocycles. The highest BCUT2D eigenvalue weighted by atomic mass is 35.5. The normalized spacial score (nSPS) is 12.8. The van der Waals surface area contributed by atoms with E-state index in [0.29, 0.717) is 6.04 Å². The van der Waals surface area contributed by atoms with Crippen molar-refractivity contribution in [2.75, 3.05) is 7.05 Å². The Balaban J connectivity index is 2.50. The lowest BCUT2D eigenvalue weighted by Gasteiger charge is -2.10. The monoisotopic (exact) mass is 197 g/mol. The SMILES string of the molecule is CN[C@H](C)CCc1ccccc1Cl. The van der Waals surface area contributed by atoms with Crippen LogP contribution in [0, 0.1) is 0 Å². The van der Waals surface area contributed by atoms with E-state index in [4.69, 9.17) is 11.6 Å². The first kappa shape index (κ1) is 10.6. The summed E-state index contributed by atoms with van der Waals surface area (Å²) in [7, 11) is 1.98. The van der Waals surface area contributed by atoms with Crippen LogP contribution in [0.15, 0.2) is 24.3 Å². The molecule has 0 aliphatic heterocycles. The van der Waals surface area contributed by atoms with Crippen LogP contribution in [-0.2, 0) is 6.42 Å². The number of rotatable bonds is 4. The molecular formula is C11H16ClN. The summed E-state index contributed by atoms with van der Waals surface area (Å²) < 4.78 is 0. The quantitative estimate of drug-likeness (QED) is 0.783. The second kappa shape index (κ2) is 5.25. The van der Waals surface area contributed by atoms with E-state index in [0.717, 1.165) is 17.9 Å². The molecule has 0 spiro atoms. The van der Waals surface area contributed by atoms with Crippen LogP contribution in [0.2, 0.25) is 5.02 Å². The fourth-order valence-electron chi connectivity index (χ4n) is 1.22. The number of halogens is 1. The van der Waals surface area contributed by atoms with Crippen LogP contribution in [0.5, 0.6) is 0 Å². The molecule has 0 aromatic heterocycles. The fourth-order valence-corrected chi connectivity index (χ4v) is 1.45. The standard InChI is InChI=1S/C11H16ClN/c1-9(13-2)7-8-10-5-3-4-6-11(10)12/h3-6,9,13H,7-8H2,1-2H3/t9-/m1/s1. The molecule has 1 aromatic rings. The van der Waals surface area contributed by atoms with Crippen molar-refractivity contribution in [1.82, 2.24) is 5.32 Å². The van der Waals surface area contributed by atoms with Crippen LogP contribution < -0.4 is 5.32 Å². The third kappa shape index (κ3) is 3.37. The molecule has 0 saturated carbocycles. The summed E-state index contributed by atoms with van der Waals surface area (Å²) in [6.07, 6.45) is 2.17. The Kier molecular flexibility index (Phi) is 4.26. The smallest absolute Gasteiger partial charge is 0.0437 e. The van der Waals surface area contributed by atoms with Crippen LogP contribution in [0.1, 0.15) is 18.9 Å². The van der Waals surface area contributed by atoms with Gasteiger partial charge in [-0.3, -0.25) is 0 Å². The number of hydrogen-bond acceptors (Lipinski definition) is 1. The number of nitrogens with one attached hydrogen (secondary N) is 1. The summed E-state index contributed by atoms with van der Waals surface area (Å²) >= 11 is 6.03. The van der Waals surface area contributed by atoms with Gasteiger partial charge in [-0.05, 0) is 38.4 Å². The first-order chi connectivity index (χ1) is 6.24. The Morgan fingerprint density at radius 1 is 1.38 bits per heavy atom. The second-order valence-corrected chi connectivity index (χ2v) is 3.73. The maximum Gasteiger partial charge on any atom is 0.0437 e. The minimum atomic E-state index is 0.552. The predicted molar refractivity (Wildman–Crippen MR) is 58.3 cm³/mol. The van der Waals surface area contributed by atoms with E-state index in [2.05, 4.69) is 18.3 Å². The molecule has 1 aromatic carbocycles. The Morgan fingerprint density at radius 3 is 2.69 bits per heavy atom. The zero-order valence-electron chi connectivity index (χ0n) is 8.18. The van der Waals surface area contributed by atoms with Crippen molar-refractivity contribution in [3.8, 4) is 0 Å². The van der Waals surface area contributed by atoms with E-state index < -0.39 is 0 Å². The van der Waals surface area contributed by atoms with Crippen LogP contribution >= 0.6 is 11.6 Å². The van der Waals surface area contributed by atoms with Gasteiger partial charge in [-0.25, -0.2) is 0 Å². The molecule has 0 unspecified atom stereocenters. The highest BCUT2D eigenvalue weighted by molar-refractivity contribution is 6.31. The minimum Gasteiger partial charge on any atom is -0.317 e. The Hall–Kier alpha value is -0.530. The van der Waals surface area contributed by atoms with Crippen molar-refractivity contribution < 1.29 is 0 Å².